The molecule has 0 radical (unpaired) electrons. The summed E-state index contributed by atoms with van der Waals surface area (Å²) in [7, 11) is -0.606. The van der Waals surface area contributed by atoms with Crippen molar-refractivity contribution in [3.63, 3.8) is 0 Å². The average Bonchev–Trinajstić information content (AvgIpc) is 2.64. The Morgan fingerprint density at radius 1 is 0.962 bits per heavy atom. The van der Waals surface area contributed by atoms with Gasteiger partial charge in [-0.3, -0.25) is 9.52 Å². The van der Waals surface area contributed by atoms with Crippen molar-refractivity contribution in [3.8, 4) is 17.0 Å². The van der Waals surface area contributed by atoms with Crippen molar-refractivity contribution in [1.29, 1.82) is 0 Å². The Balaban J connectivity index is 1.81. The van der Waals surface area contributed by atoms with Gasteiger partial charge in [0.15, 0.2) is 0 Å². The van der Waals surface area contributed by atoms with Gasteiger partial charge < -0.3 is 4.74 Å². The molecule has 0 aliphatic carbocycles. The third-order valence-corrected chi connectivity index (χ3v) is 5.16. The van der Waals surface area contributed by atoms with Crippen LogP contribution >= 0.6 is 0 Å². The normalized spacial score (nSPS) is 11.2. The maximum atomic E-state index is 12.4. The Bertz CT molecular complexity index is 1070. The molecule has 1 aromatic heterocycles. The zero-order chi connectivity index (χ0) is 18.7. The van der Waals surface area contributed by atoms with E-state index in [4.69, 9.17) is 4.74 Å². The van der Waals surface area contributed by atoms with Crippen LogP contribution in [-0.2, 0) is 17.1 Å². The van der Waals surface area contributed by atoms with Crippen LogP contribution in [0.4, 0.5) is 5.69 Å². The topological polar surface area (TPSA) is 90.3 Å². The summed E-state index contributed by atoms with van der Waals surface area (Å²) in [6.45, 7) is 0. The SMILES string of the molecule is COc1ccc(S(=O)(=O)Nc2ccc(-c3ccc(=O)n(C)n3)cc2)cc1. The smallest absolute Gasteiger partial charge is 0.266 e. The standard InChI is InChI=1S/C18H17N3O4S/c1-21-18(22)12-11-17(19-21)13-3-5-14(6-4-13)20-26(23,24)16-9-7-15(25-2)8-10-16/h3-12,20H,1-2H3. The highest BCUT2D eigenvalue weighted by Crippen LogP contribution is 2.22. The number of aryl methyl sites for hydroxylation is 1. The second-order valence-electron chi connectivity index (χ2n) is 5.54. The lowest BCUT2D eigenvalue weighted by Crippen LogP contribution is -2.18. The van der Waals surface area contributed by atoms with E-state index in [1.54, 1.807) is 49.5 Å². The van der Waals surface area contributed by atoms with E-state index in [0.29, 0.717) is 17.1 Å². The Morgan fingerprint density at radius 2 is 1.62 bits per heavy atom. The number of aromatic nitrogens is 2. The van der Waals surface area contributed by atoms with Crippen molar-refractivity contribution >= 4 is 15.7 Å². The lowest BCUT2D eigenvalue weighted by Gasteiger charge is -2.09. The maximum Gasteiger partial charge on any atom is 0.266 e. The molecular formula is C18H17N3O4S. The van der Waals surface area contributed by atoms with E-state index in [1.807, 2.05) is 0 Å². The van der Waals surface area contributed by atoms with Crippen molar-refractivity contribution in [1.82, 2.24) is 9.78 Å². The predicted molar refractivity (Wildman–Crippen MR) is 98.7 cm³/mol. The predicted octanol–water partition coefficient (Wildman–Crippen LogP) is 2.26. The molecule has 3 rings (SSSR count). The molecule has 0 spiro atoms. The minimum Gasteiger partial charge on any atom is -0.497 e. The first-order valence-corrected chi connectivity index (χ1v) is 9.19. The van der Waals surface area contributed by atoms with Gasteiger partial charge in [-0.2, -0.15) is 5.10 Å². The van der Waals surface area contributed by atoms with E-state index in [0.717, 1.165) is 5.56 Å². The average molecular weight is 371 g/mol. The summed E-state index contributed by atoms with van der Waals surface area (Å²) in [6.07, 6.45) is 0. The molecule has 0 unspecified atom stereocenters. The zero-order valence-corrected chi connectivity index (χ0v) is 15.0. The highest BCUT2D eigenvalue weighted by molar-refractivity contribution is 7.92. The quantitative estimate of drug-likeness (QED) is 0.743. The van der Waals surface area contributed by atoms with Crippen LogP contribution in [0.1, 0.15) is 0 Å². The van der Waals surface area contributed by atoms with Crippen molar-refractivity contribution in [2.45, 2.75) is 4.90 Å². The molecule has 134 valence electrons. The van der Waals surface area contributed by atoms with Crippen LogP contribution in [0.25, 0.3) is 11.3 Å². The highest BCUT2D eigenvalue weighted by Gasteiger charge is 2.14. The van der Waals surface area contributed by atoms with Crippen LogP contribution in [0, 0.1) is 0 Å². The van der Waals surface area contributed by atoms with Gasteiger partial charge >= 0.3 is 0 Å². The monoisotopic (exact) mass is 371 g/mol. The number of benzene rings is 2. The van der Waals surface area contributed by atoms with Gasteiger partial charge in [0.05, 0.1) is 17.7 Å². The molecular weight excluding hydrogens is 354 g/mol. The molecule has 0 atom stereocenters. The molecule has 0 aliphatic rings. The zero-order valence-electron chi connectivity index (χ0n) is 14.2. The van der Waals surface area contributed by atoms with Gasteiger partial charge in [-0.05, 0) is 42.5 Å². The molecule has 3 aromatic rings. The highest BCUT2D eigenvalue weighted by atomic mass is 32.2. The summed E-state index contributed by atoms with van der Waals surface area (Å²) < 4.78 is 33.7. The van der Waals surface area contributed by atoms with Gasteiger partial charge in [-0.25, -0.2) is 13.1 Å². The van der Waals surface area contributed by atoms with Crippen molar-refractivity contribution in [2.75, 3.05) is 11.8 Å². The summed E-state index contributed by atoms with van der Waals surface area (Å²) in [5, 5.41) is 4.16. The summed E-state index contributed by atoms with van der Waals surface area (Å²) in [4.78, 5) is 11.5. The van der Waals surface area contributed by atoms with Crippen molar-refractivity contribution in [3.05, 3.63) is 71.0 Å². The molecule has 0 amide bonds. The number of rotatable bonds is 5. The molecule has 0 fully saturated rings. The molecule has 0 saturated carbocycles. The van der Waals surface area contributed by atoms with Crippen LogP contribution < -0.4 is 15.0 Å². The minimum atomic E-state index is -3.69. The molecule has 1 N–H and O–H groups in total. The van der Waals surface area contributed by atoms with Crippen LogP contribution in [0.15, 0.2) is 70.4 Å². The van der Waals surface area contributed by atoms with Crippen LogP contribution in [0.5, 0.6) is 5.75 Å². The van der Waals surface area contributed by atoms with E-state index in [-0.39, 0.29) is 10.5 Å². The lowest BCUT2D eigenvalue weighted by atomic mass is 10.1. The number of anilines is 1. The van der Waals surface area contributed by atoms with Gasteiger partial charge in [-0.1, -0.05) is 12.1 Å². The van der Waals surface area contributed by atoms with Crippen molar-refractivity contribution < 1.29 is 13.2 Å². The summed E-state index contributed by atoms with van der Waals surface area (Å²) in [5.41, 5.74) is 1.62. The second-order valence-corrected chi connectivity index (χ2v) is 7.22. The molecule has 2 aromatic carbocycles. The summed E-state index contributed by atoms with van der Waals surface area (Å²) >= 11 is 0. The maximum absolute atomic E-state index is 12.4. The molecule has 7 nitrogen and oxygen atoms in total. The Labute approximate surface area is 150 Å². The number of nitrogens with zero attached hydrogens (tertiary/aromatic N) is 2. The number of nitrogens with one attached hydrogen (secondary N) is 1. The fraction of sp³-hybridized carbons (Fsp3) is 0.111. The van der Waals surface area contributed by atoms with Gasteiger partial charge in [0.1, 0.15) is 5.75 Å². The molecule has 26 heavy (non-hydrogen) atoms. The summed E-state index contributed by atoms with van der Waals surface area (Å²) in [6, 6.07) is 15.9. The van der Waals surface area contributed by atoms with Crippen LogP contribution in [-0.4, -0.2) is 25.3 Å². The largest absolute Gasteiger partial charge is 0.497 e. The van der Waals surface area contributed by atoms with E-state index >= 15 is 0 Å². The first-order valence-electron chi connectivity index (χ1n) is 7.71. The van der Waals surface area contributed by atoms with E-state index in [1.165, 1.54) is 30.0 Å². The Morgan fingerprint density at radius 3 is 2.19 bits per heavy atom. The van der Waals surface area contributed by atoms with E-state index < -0.39 is 10.0 Å². The number of ether oxygens (including phenoxy) is 1. The molecule has 0 saturated heterocycles. The number of sulfonamides is 1. The second kappa shape index (κ2) is 7.01. The third kappa shape index (κ3) is 3.75. The van der Waals surface area contributed by atoms with Crippen LogP contribution in [0.2, 0.25) is 0 Å². The fourth-order valence-electron chi connectivity index (χ4n) is 2.33. The Hall–Kier alpha value is -3.13. The molecule has 0 aliphatic heterocycles. The number of hydrogen-bond donors (Lipinski definition) is 1. The van der Waals surface area contributed by atoms with E-state index in [9.17, 15) is 13.2 Å². The lowest BCUT2D eigenvalue weighted by molar-refractivity contribution is 0.414. The van der Waals surface area contributed by atoms with Crippen molar-refractivity contribution in [2.24, 2.45) is 7.05 Å². The number of methoxy groups -OCH3 is 1. The molecule has 1 heterocycles. The van der Waals surface area contributed by atoms with Gasteiger partial charge in [0.25, 0.3) is 15.6 Å². The van der Waals surface area contributed by atoms with Crippen LogP contribution in [0.3, 0.4) is 0 Å². The third-order valence-electron chi connectivity index (χ3n) is 3.76. The first kappa shape index (κ1) is 17.7. The number of hydrogen-bond acceptors (Lipinski definition) is 5. The summed E-state index contributed by atoms with van der Waals surface area (Å²) in [5.74, 6) is 0.582. The van der Waals surface area contributed by atoms with Gasteiger partial charge in [0, 0.05) is 24.4 Å². The van der Waals surface area contributed by atoms with E-state index in [2.05, 4.69) is 9.82 Å². The Kier molecular flexibility index (Phi) is 4.77. The molecule has 0 bridgehead atoms. The minimum absolute atomic E-state index is 0.141. The van der Waals surface area contributed by atoms with Gasteiger partial charge in [-0.15, -0.1) is 0 Å². The fourth-order valence-corrected chi connectivity index (χ4v) is 3.39. The van der Waals surface area contributed by atoms with Gasteiger partial charge in [0.2, 0.25) is 0 Å². The molecule has 8 heteroatoms. The first-order chi connectivity index (χ1) is 12.4.